The van der Waals surface area contributed by atoms with Crippen LogP contribution in [0.25, 0.3) is 0 Å². The quantitative estimate of drug-likeness (QED) is 0.777. The highest BCUT2D eigenvalue weighted by Gasteiger charge is 2.22. The summed E-state index contributed by atoms with van der Waals surface area (Å²) in [5, 5.41) is 13.6. The second kappa shape index (κ2) is 7.35. The van der Waals surface area contributed by atoms with E-state index in [9.17, 15) is 4.79 Å². The van der Waals surface area contributed by atoms with Gasteiger partial charge in [-0.05, 0) is 11.6 Å². The van der Waals surface area contributed by atoms with Crippen molar-refractivity contribution in [3.8, 4) is 0 Å². The second-order valence-electron chi connectivity index (χ2n) is 6.46. The summed E-state index contributed by atoms with van der Waals surface area (Å²) in [5.41, 5.74) is 4.49. The first-order valence-electron chi connectivity index (χ1n) is 8.77. The van der Waals surface area contributed by atoms with Crippen molar-refractivity contribution >= 4 is 11.6 Å². The number of carbonyl (C=O) groups is 1. The Balaban J connectivity index is 1.50. The monoisotopic (exact) mass is 341 g/mol. The highest BCUT2D eigenvalue weighted by atomic mass is 16.5. The molecule has 0 atom stereocenters. The van der Waals surface area contributed by atoms with Gasteiger partial charge in [-0.2, -0.15) is 5.10 Å². The van der Waals surface area contributed by atoms with E-state index in [1.807, 2.05) is 18.2 Å². The number of H-pyrrole nitrogens is 1. The third-order valence-corrected chi connectivity index (χ3v) is 4.78. The van der Waals surface area contributed by atoms with Crippen molar-refractivity contribution < 1.29 is 9.53 Å². The first kappa shape index (κ1) is 16.3. The predicted octanol–water partition coefficient (Wildman–Crippen LogP) is 1.14. The summed E-state index contributed by atoms with van der Waals surface area (Å²) in [7, 11) is 0. The number of nitrogens with zero attached hydrogens (tertiary/aromatic N) is 2. The largest absolute Gasteiger partial charge is 0.379 e. The molecule has 132 valence electrons. The van der Waals surface area contributed by atoms with Gasteiger partial charge in [-0.15, -0.1) is 0 Å². The number of para-hydroxylation sites is 1. The fraction of sp³-hybridized carbons (Fsp3) is 0.444. The first-order valence-corrected chi connectivity index (χ1v) is 8.77. The fourth-order valence-corrected chi connectivity index (χ4v) is 3.37. The van der Waals surface area contributed by atoms with Gasteiger partial charge in [0.2, 0.25) is 0 Å². The average molecular weight is 341 g/mol. The summed E-state index contributed by atoms with van der Waals surface area (Å²) >= 11 is 0. The number of benzene rings is 1. The summed E-state index contributed by atoms with van der Waals surface area (Å²) in [6, 6.07) is 7.96. The Morgan fingerprint density at radius 1 is 1.28 bits per heavy atom. The average Bonchev–Trinajstić information content (AvgIpc) is 3.08. The minimum absolute atomic E-state index is 0.157. The molecule has 2 aliphatic heterocycles. The number of aromatic amines is 1. The van der Waals surface area contributed by atoms with Crippen LogP contribution in [0.4, 0.5) is 5.69 Å². The van der Waals surface area contributed by atoms with E-state index in [-0.39, 0.29) is 5.91 Å². The van der Waals surface area contributed by atoms with Crippen LogP contribution >= 0.6 is 0 Å². The molecule has 0 spiro atoms. The molecule has 0 aliphatic carbocycles. The number of anilines is 1. The molecule has 1 fully saturated rings. The molecule has 0 unspecified atom stereocenters. The topological polar surface area (TPSA) is 82.3 Å². The van der Waals surface area contributed by atoms with Gasteiger partial charge in [0.15, 0.2) is 5.69 Å². The van der Waals surface area contributed by atoms with Gasteiger partial charge in [0.25, 0.3) is 5.91 Å². The maximum atomic E-state index is 12.7. The number of amides is 1. The molecule has 25 heavy (non-hydrogen) atoms. The second-order valence-corrected chi connectivity index (χ2v) is 6.46. The molecule has 7 nitrogen and oxygen atoms in total. The number of nitrogens with one attached hydrogen (secondary N) is 3. The van der Waals surface area contributed by atoms with E-state index in [0.29, 0.717) is 12.2 Å². The van der Waals surface area contributed by atoms with Gasteiger partial charge < -0.3 is 15.4 Å². The number of fused-ring (bicyclic) bond motifs is 1. The zero-order chi connectivity index (χ0) is 17.1. The van der Waals surface area contributed by atoms with Gasteiger partial charge >= 0.3 is 0 Å². The van der Waals surface area contributed by atoms with Crippen molar-refractivity contribution in [3.63, 3.8) is 0 Å². The number of hydrogen-bond acceptors (Lipinski definition) is 5. The minimum atomic E-state index is -0.157. The van der Waals surface area contributed by atoms with E-state index >= 15 is 0 Å². The molecule has 7 heteroatoms. The normalized spacial score (nSPS) is 17.9. The van der Waals surface area contributed by atoms with Gasteiger partial charge in [-0.3, -0.25) is 14.8 Å². The van der Waals surface area contributed by atoms with E-state index in [2.05, 4.69) is 31.8 Å². The summed E-state index contributed by atoms with van der Waals surface area (Å²) in [4.78, 5) is 15.1. The summed E-state index contributed by atoms with van der Waals surface area (Å²) in [5.74, 6) is -0.157. The van der Waals surface area contributed by atoms with Crippen LogP contribution in [0.15, 0.2) is 24.3 Å². The van der Waals surface area contributed by atoms with Crippen molar-refractivity contribution in [1.29, 1.82) is 0 Å². The smallest absolute Gasteiger partial charge is 0.276 e. The standard InChI is InChI=1S/C18H23N5O2/c24-18(17-14-11-19-6-5-16(14)21-22-17)20-15-4-2-1-3-13(15)12-23-7-9-25-10-8-23/h1-4,19H,5-12H2,(H,20,24)(H,21,22). The van der Waals surface area contributed by atoms with Crippen LogP contribution in [0.2, 0.25) is 0 Å². The van der Waals surface area contributed by atoms with Gasteiger partial charge in [0.05, 0.1) is 13.2 Å². The Bertz CT molecular complexity index is 752. The molecular formula is C18H23N5O2. The van der Waals surface area contributed by atoms with Crippen molar-refractivity contribution in [2.24, 2.45) is 0 Å². The molecule has 1 aromatic heterocycles. The highest BCUT2D eigenvalue weighted by molar-refractivity contribution is 6.04. The van der Waals surface area contributed by atoms with E-state index in [1.165, 1.54) is 0 Å². The van der Waals surface area contributed by atoms with Crippen LogP contribution in [0, 0.1) is 0 Å². The molecule has 0 bridgehead atoms. The van der Waals surface area contributed by atoms with Gasteiger partial charge in [0, 0.05) is 56.1 Å². The lowest BCUT2D eigenvalue weighted by molar-refractivity contribution is 0.0342. The summed E-state index contributed by atoms with van der Waals surface area (Å²) in [6.07, 6.45) is 0.878. The number of ether oxygens (including phenoxy) is 1. The maximum absolute atomic E-state index is 12.7. The molecule has 1 aromatic carbocycles. The minimum Gasteiger partial charge on any atom is -0.379 e. The van der Waals surface area contributed by atoms with Crippen LogP contribution in [-0.2, 0) is 24.2 Å². The van der Waals surface area contributed by atoms with Crippen LogP contribution in [0.1, 0.15) is 27.3 Å². The zero-order valence-electron chi connectivity index (χ0n) is 14.2. The van der Waals surface area contributed by atoms with E-state index in [4.69, 9.17) is 4.74 Å². The predicted molar refractivity (Wildman–Crippen MR) is 94.5 cm³/mol. The molecule has 2 aromatic rings. The maximum Gasteiger partial charge on any atom is 0.276 e. The van der Waals surface area contributed by atoms with Crippen LogP contribution in [0.5, 0.6) is 0 Å². The molecule has 3 heterocycles. The molecule has 4 rings (SSSR count). The van der Waals surface area contributed by atoms with Crippen LogP contribution in [-0.4, -0.2) is 53.9 Å². The molecule has 0 saturated carbocycles. The lowest BCUT2D eigenvalue weighted by Gasteiger charge is -2.27. The number of hydrogen-bond donors (Lipinski definition) is 3. The van der Waals surface area contributed by atoms with Crippen molar-refractivity contribution in [2.75, 3.05) is 38.2 Å². The van der Waals surface area contributed by atoms with Gasteiger partial charge in [0.1, 0.15) is 0 Å². The molecule has 1 amide bonds. The molecular weight excluding hydrogens is 318 g/mol. The highest BCUT2D eigenvalue weighted by Crippen LogP contribution is 2.21. The Kier molecular flexibility index (Phi) is 4.78. The van der Waals surface area contributed by atoms with Crippen LogP contribution in [0.3, 0.4) is 0 Å². The van der Waals surface area contributed by atoms with Crippen molar-refractivity contribution in [2.45, 2.75) is 19.5 Å². The Morgan fingerprint density at radius 2 is 2.12 bits per heavy atom. The van der Waals surface area contributed by atoms with Crippen molar-refractivity contribution in [3.05, 3.63) is 46.8 Å². The Hall–Kier alpha value is -2.22. The number of aromatic nitrogens is 2. The number of morpholine rings is 1. The fourth-order valence-electron chi connectivity index (χ4n) is 3.37. The Morgan fingerprint density at radius 3 is 3.00 bits per heavy atom. The molecule has 0 radical (unpaired) electrons. The van der Waals surface area contributed by atoms with Crippen molar-refractivity contribution in [1.82, 2.24) is 20.4 Å². The zero-order valence-corrected chi connectivity index (χ0v) is 14.2. The van der Waals surface area contributed by atoms with Gasteiger partial charge in [-0.25, -0.2) is 0 Å². The lowest BCUT2D eigenvalue weighted by atomic mass is 10.1. The van der Waals surface area contributed by atoms with Crippen LogP contribution < -0.4 is 10.6 Å². The molecule has 2 aliphatic rings. The van der Waals surface area contributed by atoms with E-state index in [1.54, 1.807) is 0 Å². The van der Waals surface area contributed by atoms with Gasteiger partial charge in [-0.1, -0.05) is 18.2 Å². The summed E-state index contributed by atoms with van der Waals surface area (Å²) in [6.45, 7) is 5.77. The third kappa shape index (κ3) is 3.58. The summed E-state index contributed by atoms with van der Waals surface area (Å²) < 4.78 is 5.40. The Labute approximate surface area is 146 Å². The first-order chi connectivity index (χ1) is 12.3. The third-order valence-electron chi connectivity index (χ3n) is 4.78. The SMILES string of the molecule is O=C(Nc1ccccc1CN1CCOCC1)c1n[nH]c2c1CNCC2. The molecule has 3 N–H and O–H groups in total. The van der Waals surface area contributed by atoms with E-state index < -0.39 is 0 Å². The number of rotatable bonds is 4. The number of carbonyl (C=O) groups excluding carboxylic acids is 1. The van der Waals surface area contributed by atoms with E-state index in [0.717, 1.165) is 68.3 Å². The molecule has 1 saturated heterocycles. The lowest BCUT2D eigenvalue weighted by Crippen LogP contribution is -2.35.